The van der Waals surface area contributed by atoms with Crippen molar-refractivity contribution < 1.29 is 23.9 Å². The Bertz CT molecular complexity index is 1220. The minimum Gasteiger partial charge on any atom is -0.398 e. The predicted octanol–water partition coefficient (Wildman–Crippen LogP) is 0.987. The first-order valence-electron chi connectivity index (χ1n) is 9.88. The smallest absolute Gasteiger partial charge is 0.398 e. The minimum atomic E-state index is -0.698. The van der Waals surface area contributed by atoms with Crippen LogP contribution >= 0.6 is 34.9 Å². The van der Waals surface area contributed by atoms with Crippen molar-refractivity contribution in [1.29, 1.82) is 0 Å². The summed E-state index contributed by atoms with van der Waals surface area (Å²) in [7, 11) is 3.02. The highest BCUT2D eigenvalue weighted by Gasteiger charge is 2.52. The zero-order valence-electron chi connectivity index (χ0n) is 18.5. The molecular weight excluding hydrogens is 500 g/mol. The molecule has 12 nitrogen and oxygen atoms in total. The van der Waals surface area contributed by atoms with Crippen LogP contribution < -0.4 is 11.1 Å². The summed E-state index contributed by atoms with van der Waals surface area (Å²) in [4.78, 5) is 52.0. The van der Waals surface area contributed by atoms with E-state index in [2.05, 4.69) is 32.1 Å². The average Bonchev–Trinajstić information content (AvgIpc) is 3.23. The predicted molar refractivity (Wildman–Crippen MR) is 130 cm³/mol. The van der Waals surface area contributed by atoms with Gasteiger partial charge in [0.2, 0.25) is 0 Å². The number of hydrogen-bond donors (Lipinski definition) is 2. The average molecular weight is 522 g/mol. The molecule has 4 rings (SSSR count). The zero-order valence-corrected chi connectivity index (χ0v) is 20.9. The van der Waals surface area contributed by atoms with E-state index in [4.69, 9.17) is 10.6 Å². The van der Waals surface area contributed by atoms with Crippen LogP contribution in [0.25, 0.3) is 0 Å². The Labute approximate surface area is 207 Å². The first-order valence-corrected chi connectivity index (χ1v) is 12.8. The molecule has 0 aliphatic carbocycles. The summed E-state index contributed by atoms with van der Waals surface area (Å²) in [6.07, 6.45) is 0. The summed E-state index contributed by atoms with van der Waals surface area (Å²) in [6.45, 7) is 5.43. The van der Waals surface area contributed by atoms with E-state index in [0.29, 0.717) is 21.8 Å². The maximum Gasteiger partial charge on any atom is 0.405 e. The molecular formula is C19H21N8O4S3+. The van der Waals surface area contributed by atoms with Gasteiger partial charge in [-0.3, -0.25) is 14.5 Å². The number of amidine groups is 1. The second-order valence-electron chi connectivity index (χ2n) is 7.30. The molecule has 0 spiro atoms. The lowest BCUT2D eigenvalue weighted by molar-refractivity contribution is -0.442. The highest BCUT2D eigenvalue weighted by molar-refractivity contribution is 8.13. The van der Waals surface area contributed by atoms with Crippen LogP contribution in [0.15, 0.2) is 44.2 Å². The number of aromatic nitrogens is 1. The Balaban J connectivity index is 1.42. The second kappa shape index (κ2) is 9.68. The number of aliphatic imine (C=N–C) groups is 1. The Morgan fingerprint density at radius 3 is 2.94 bits per heavy atom. The van der Waals surface area contributed by atoms with Crippen molar-refractivity contribution in [2.45, 2.75) is 18.3 Å². The number of allylic oxidation sites excluding steroid dienone is 1. The second-order valence-corrected chi connectivity index (χ2v) is 10.2. The highest BCUT2D eigenvalue weighted by Crippen LogP contribution is 2.41. The van der Waals surface area contributed by atoms with Gasteiger partial charge in [-0.25, -0.2) is 9.78 Å². The molecule has 34 heavy (non-hydrogen) atoms. The summed E-state index contributed by atoms with van der Waals surface area (Å²) >= 11 is 4.09. The molecule has 1 saturated heterocycles. The van der Waals surface area contributed by atoms with Crippen molar-refractivity contribution in [2.75, 3.05) is 31.4 Å². The third kappa shape index (κ3) is 4.50. The molecule has 4 heterocycles. The van der Waals surface area contributed by atoms with Crippen LogP contribution in [0.3, 0.4) is 0 Å². The van der Waals surface area contributed by atoms with E-state index in [-0.39, 0.29) is 28.4 Å². The topological polar surface area (TPSA) is 155 Å². The number of nitrogen functional groups attached to an aromatic ring is 1. The maximum absolute atomic E-state index is 12.9. The van der Waals surface area contributed by atoms with Gasteiger partial charge >= 0.3 is 11.1 Å². The molecule has 0 unspecified atom stereocenters. The zero-order chi connectivity index (χ0) is 24.6. The van der Waals surface area contributed by atoms with Crippen molar-refractivity contribution >= 4 is 68.6 Å². The Hall–Kier alpha value is -3.04. The lowest BCUT2D eigenvalue weighted by atomic mass is 10.0. The number of β-lactam (4-membered cyclic amide) rings is 1. The molecule has 3 amide bonds. The van der Waals surface area contributed by atoms with Crippen molar-refractivity contribution in [1.82, 2.24) is 15.2 Å². The number of rotatable bonds is 6. The van der Waals surface area contributed by atoms with Crippen LogP contribution in [-0.2, 0) is 19.2 Å². The molecule has 1 aromatic heterocycles. The van der Waals surface area contributed by atoms with Gasteiger partial charge in [0.05, 0.1) is 0 Å². The van der Waals surface area contributed by atoms with E-state index in [9.17, 15) is 14.4 Å². The number of carbonyl (C=O) groups excluding carboxylic acids is 3. The first kappa shape index (κ1) is 24.1. The molecule has 0 saturated carbocycles. The molecule has 1 fully saturated rings. The lowest BCUT2D eigenvalue weighted by Crippen LogP contribution is -2.70. The fraction of sp³-hybridized carbons (Fsp3) is 0.368. The molecule has 15 heteroatoms. The van der Waals surface area contributed by atoms with E-state index in [0.717, 1.165) is 11.3 Å². The number of azo groups is 2. The van der Waals surface area contributed by atoms with Crippen molar-refractivity contribution in [3.63, 3.8) is 0 Å². The number of anilines is 1. The van der Waals surface area contributed by atoms with Crippen molar-refractivity contribution in [2.24, 2.45) is 15.3 Å². The summed E-state index contributed by atoms with van der Waals surface area (Å²) in [5.41, 5.74) is 7.85. The third-order valence-corrected chi connectivity index (χ3v) is 8.28. The number of thiazole rings is 1. The summed E-state index contributed by atoms with van der Waals surface area (Å²) in [5, 5.41) is 12.7. The van der Waals surface area contributed by atoms with E-state index < -0.39 is 17.9 Å². The van der Waals surface area contributed by atoms with Gasteiger partial charge in [-0.2, -0.15) is 0 Å². The standard InChI is InChI=1S/C19H20N8O4S3/c1-8-14(28)23-19(26(3)24-8)34-6-10-5-32-17-13(16(30)27(17)9(10)2)22-15(29)12(25-31-4)11-7-33-18(20)21-11/h7,13,17H,1,5-6H2,2-4H3,(H2-,20,21,22,29)/p+1/t13-,17-/m1/s1. The Morgan fingerprint density at radius 1 is 1.50 bits per heavy atom. The van der Waals surface area contributed by atoms with Crippen LogP contribution in [0.2, 0.25) is 0 Å². The maximum atomic E-state index is 12.9. The molecule has 3 N–H and O–H groups in total. The summed E-state index contributed by atoms with van der Waals surface area (Å²) in [6, 6.07) is -0.698. The largest absolute Gasteiger partial charge is 0.405 e. The van der Waals surface area contributed by atoms with Gasteiger partial charge in [0.1, 0.15) is 31.3 Å². The van der Waals surface area contributed by atoms with Crippen LogP contribution in [0.5, 0.6) is 0 Å². The molecule has 0 bridgehead atoms. The van der Waals surface area contributed by atoms with Gasteiger partial charge in [0.25, 0.3) is 11.8 Å². The number of hydrogen-bond acceptors (Lipinski definition) is 11. The van der Waals surface area contributed by atoms with E-state index >= 15 is 0 Å². The van der Waals surface area contributed by atoms with E-state index in [1.165, 1.54) is 34.9 Å². The molecule has 3 aliphatic rings. The number of thioether (sulfide) groups is 2. The van der Waals surface area contributed by atoms with Crippen LogP contribution in [0, 0.1) is 0 Å². The van der Waals surface area contributed by atoms with Crippen LogP contribution in [0.4, 0.5) is 5.13 Å². The van der Waals surface area contributed by atoms with E-state index in [1.54, 1.807) is 29.1 Å². The van der Waals surface area contributed by atoms with Crippen molar-refractivity contribution in [3.8, 4) is 0 Å². The lowest BCUT2D eigenvalue weighted by Gasteiger charge is -2.50. The minimum absolute atomic E-state index is 0.0492. The molecule has 3 aliphatic heterocycles. The third-order valence-electron chi connectivity index (χ3n) is 5.16. The summed E-state index contributed by atoms with van der Waals surface area (Å²) in [5.74, 6) is -0.0371. The van der Waals surface area contributed by atoms with Gasteiger partial charge in [-0.1, -0.05) is 16.8 Å². The quantitative estimate of drug-likeness (QED) is 0.185. The number of amides is 3. The molecule has 2 atom stereocenters. The fourth-order valence-electron chi connectivity index (χ4n) is 3.40. The molecule has 0 radical (unpaired) electrons. The molecule has 178 valence electrons. The Morgan fingerprint density at radius 2 is 2.26 bits per heavy atom. The number of nitrogens with one attached hydrogen (secondary N) is 1. The number of fused-ring (bicyclic) bond motifs is 1. The number of nitrogens with two attached hydrogens (primary N) is 1. The van der Waals surface area contributed by atoms with Gasteiger partial charge in [-0.15, -0.1) is 27.8 Å². The fourth-order valence-corrected chi connectivity index (χ4v) is 6.54. The monoisotopic (exact) mass is 521 g/mol. The first-order chi connectivity index (χ1) is 16.2. The van der Waals surface area contributed by atoms with Crippen LogP contribution in [-0.4, -0.2) is 80.3 Å². The number of oxime groups is 1. The highest BCUT2D eigenvalue weighted by atomic mass is 32.2. The molecule has 1 aromatic rings. The van der Waals surface area contributed by atoms with Gasteiger partial charge in [0, 0.05) is 27.6 Å². The summed E-state index contributed by atoms with van der Waals surface area (Å²) < 4.78 is 1.51. The van der Waals surface area contributed by atoms with Gasteiger partial charge in [-0.05, 0) is 24.3 Å². The number of carbonyl (C=O) groups is 3. The van der Waals surface area contributed by atoms with Crippen LogP contribution in [0.1, 0.15) is 12.6 Å². The van der Waals surface area contributed by atoms with Gasteiger partial charge < -0.3 is 15.9 Å². The normalized spacial score (nSPS) is 22.7. The van der Waals surface area contributed by atoms with Gasteiger partial charge in [0.15, 0.2) is 16.5 Å². The Kier molecular flexibility index (Phi) is 6.86. The SMILES string of the molecule is C=C1N=[N+](C)C(SCC2=C(C)N3C(=O)[C@@H](NC(=O)C(=NOC)c4csc(N)n4)[C@H]3SC2)=NC1=O. The number of nitrogens with zero attached hydrogens (tertiary/aromatic N) is 6. The molecule has 0 aromatic carbocycles. The van der Waals surface area contributed by atoms with E-state index in [1.807, 2.05) is 6.92 Å². The van der Waals surface area contributed by atoms with Crippen molar-refractivity contribution in [3.05, 3.63) is 34.6 Å².